The van der Waals surface area contributed by atoms with Gasteiger partial charge in [0.25, 0.3) is 0 Å². The summed E-state index contributed by atoms with van der Waals surface area (Å²) in [6.07, 6.45) is 8.35. The van der Waals surface area contributed by atoms with Gasteiger partial charge in [-0.05, 0) is 24.2 Å². The first kappa shape index (κ1) is 13.0. The van der Waals surface area contributed by atoms with Crippen LogP contribution in [0.25, 0.3) is 0 Å². The number of hydrogen-bond donors (Lipinski definition) is 0. The third-order valence-electron chi connectivity index (χ3n) is 3.14. The molecule has 0 heteroatoms. The summed E-state index contributed by atoms with van der Waals surface area (Å²) in [7, 11) is 0. The van der Waals surface area contributed by atoms with E-state index in [1.165, 1.54) is 38.5 Å². The smallest absolute Gasteiger partial charge is 0.0326 e. The maximum atomic E-state index is 2.46. The second-order valence-corrected chi connectivity index (χ2v) is 5.22. The van der Waals surface area contributed by atoms with Crippen molar-refractivity contribution in [2.75, 3.05) is 0 Å². The van der Waals surface area contributed by atoms with Crippen molar-refractivity contribution < 1.29 is 0 Å². The molecule has 0 nitrogen and oxygen atoms in total. The highest BCUT2D eigenvalue weighted by Gasteiger charge is 2.22. The van der Waals surface area contributed by atoms with Crippen molar-refractivity contribution in [2.45, 2.75) is 73.1 Å². The molecule has 0 aromatic heterocycles. The maximum absolute atomic E-state index is 2.46. The Balaban J connectivity index is 3.81. The first-order valence-electron chi connectivity index (χ1n) is 6.04. The van der Waals surface area contributed by atoms with Crippen LogP contribution in [0.4, 0.5) is 0 Å². The van der Waals surface area contributed by atoms with Crippen molar-refractivity contribution in [3.05, 3.63) is 0 Å². The number of rotatable bonds is 7. The molecule has 0 N–H and O–H groups in total. The zero-order valence-electron chi connectivity index (χ0n) is 10.3. The highest BCUT2D eigenvalue weighted by Crippen LogP contribution is 2.35. The largest absolute Gasteiger partial charge is 0.0654 e. The normalized spacial score (nSPS) is 16.2. The Hall–Kier alpha value is 0. The van der Waals surface area contributed by atoms with Crippen LogP contribution in [-0.2, 0) is 0 Å². The first-order chi connectivity index (χ1) is 6.04. The highest BCUT2D eigenvalue weighted by molar-refractivity contribution is 4.73. The molecule has 0 aromatic rings. The van der Waals surface area contributed by atoms with Gasteiger partial charge in [-0.3, -0.25) is 0 Å². The molecule has 0 saturated carbocycles. The van der Waals surface area contributed by atoms with Crippen LogP contribution >= 0.6 is 0 Å². The van der Waals surface area contributed by atoms with Gasteiger partial charge in [0.05, 0.1) is 0 Å². The highest BCUT2D eigenvalue weighted by atomic mass is 14.3. The molecule has 0 spiro atoms. The van der Waals surface area contributed by atoms with Crippen LogP contribution in [0.2, 0.25) is 0 Å². The van der Waals surface area contributed by atoms with Crippen molar-refractivity contribution >= 4 is 0 Å². The lowest BCUT2D eigenvalue weighted by atomic mass is 9.76. The average molecular weight is 184 g/mol. The summed E-state index contributed by atoms with van der Waals surface area (Å²) in [6, 6.07) is 0. The van der Waals surface area contributed by atoms with Crippen molar-refractivity contribution in [2.24, 2.45) is 11.3 Å². The Morgan fingerprint density at radius 2 is 1.69 bits per heavy atom. The molecule has 0 aliphatic carbocycles. The lowest BCUT2D eigenvalue weighted by molar-refractivity contribution is 0.219. The zero-order valence-corrected chi connectivity index (χ0v) is 10.3. The molecule has 0 fully saturated rings. The predicted octanol–water partition coefficient (Wildman–Crippen LogP) is 5.03. The van der Waals surface area contributed by atoms with Crippen molar-refractivity contribution in [3.8, 4) is 0 Å². The van der Waals surface area contributed by atoms with Crippen LogP contribution in [0.5, 0.6) is 0 Å². The Kier molecular flexibility index (Phi) is 6.45. The van der Waals surface area contributed by atoms with Gasteiger partial charge in [-0.1, -0.05) is 60.3 Å². The fourth-order valence-corrected chi connectivity index (χ4v) is 2.21. The van der Waals surface area contributed by atoms with E-state index < -0.39 is 0 Å². The molecule has 0 rings (SSSR count). The van der Waals surface area contributed by atoms with Gasteiger partial charge in [-0.15, -0.1) is 0 Å². The van der Waals surface area contributed by atoms with E-state index in [1.54, 1.807) is 0 Å². The van der Waals surface area contributed by atoms with E-state index in [-0.39, 0.29) is 0 Å². The molecule has 0 aromatic carbocycles. The summed E-state index contributed by atoms with van der Waals surface area (Å²) < 4.78 is 0. The van der Waals surface area contributed by atoms with Gasteiger partial charge in [0.2, 0.25) is 0 Å². The van der Waals surface area contributed by atoms with E-state index in [1.807, 2.05) is 0 Å². The standard InChI is InChI=1S/C13H28/c1-6-8-9-10-13(5,7-2)11-12(3)4/h12H,6-11H2,1-5H3. The topological polar surface area (TPSA) is 0 Å². The molecule has 80 valence electrons. The van der Waals surface area contributed by atoms with Gasteiger partial charge in [0.1, 0.15) is 0 Å². The minimum Gasteiger partial charge on any atom is -0.0654 e. The molecule has 0 bridgehead atoms. The van der Waals surface area contributed by atoms with Crippen LogP contribution in [0.15, 0.2) is 0 Å². The van der Waals surface area contributed by atoms with Gasteiger partial charge >= 0.3 is 0 Å². The Morgan fingerprint density at radius 3 is 2.08 bits per heavy atom. The second kappa shape index (κ2) is 6.45. The van der Waals surface area contributed by atoms with E-state index in [0.29, 0.717) is 5.41 Å². The van der Waals surface area contributed by atoms with Crippen molar-refractivity contribution in [1.82, 2.24) is 0 Å². The lowest BCUT2D eigenvalue weighted by Crippen LogP contribution is -2.17. The van der Waals surface area contributed by atoms with Crippen LogP contribution in [0, 0.1) is 11.3 Å². The molecule has 1 atom stereocenters. The lowest BCUT2D eigenvalue weighted by Gasteiger charge is -2.30. The minimum absolute atomic E-state index is 0.614. The van der Waals surface area contributed by atoms with E-state index >= 15 is 0 Å². The average Bonchev–Trinajstić information content (AvgIpc) is 2.04. The van der Waals surface area contributed by atoms with Gasteiger partial charge in [-0.2, -0.15) is 0 Å². The first-order valence-corrected chi connectivity index (χ1v) is 6.04. The fraction of sp³-hybridized carbons (Fsp3) is 1.00. The summed E-state index contributed by atoms with van der Waals surface area (Å²) in [6.45, 7) is 11.8. The van der Waals surface area contributed by atoms with Crippen LogP contribution in [0.3, 0.4) is 0 Å². The van der Waals surface area contributed by atoms with Gasteiger partial charge < -0.3 is 0 Å². The molecule has 0 aliphatic rings. The van der Waals surface area contributed by atoms with E-state index in [4.69, 9.17) is 0 Å². The molecule has 13 heavy (non-hydrogen) atoms. The van der Waals surface area contributed by atoms with Crippen LogP contribution < -0.4 is 0 Å². The van der Waals surface area contributed by atoms with Crippen LogP contribution in [0.1, 0.15) is 73.1 Å². The number of unbranched alkanes of at least 4 members (excludes halogenated alkanes) is 2. The molecule has 0 saturated heterocycles. The SMILES string of the molecule is CCCCCC(C)(CC)CC(C)C. The summed E-state index contributed by atoms with van der Waals surface area (Å²) >= 11 is 0. The molecule has 1 unspecified atom stereocenters. The maximum Gasteiger partial charge on any atom is -0.0326 e. The Bertz CT molecular complexity index is 115. The quantitative estimate of drug-likeness (QED) is 0.487. The Labute approximate surface area is 85.1 Å². The predicted molar refractivity (Wildman–Crippen MR) is 62.0 cm³/mol. The van der Waals surface area contributed by atoms with E-state index in [9.17, 15) is 0 Å². The van der Waals surface area contributed by atoms with Gasteiger partial charge in [0, 0.05) is 0 Å². The molecular formula is C13H28. The van der Waals surface area contributed by atoms with E-state index in [0.717, 1.165) is 5.92 Å². The number of hydrogen-bond acceptors (Lipinski definition) is 0. The summed E-state index contributed by atoms with van der Waals surface area (Å²) in [5.41, 5.74) is 0.614. The summed E-state index contributed by atoms with van der Waals surface area (Å²) in [4.78, 5) is 0. The summed E-state index contributed by atoms with van der Waals surface area (Å²) in [5, 5.41) is 0. The van der Waals surface area contributed by atoms with Gasteiger partial charge in [-0.25, -0.2) is 0 Å². The third kappa shape index (κ3) is 6.12. The minimum atomic E-state index is 0.614. The third-order valence-corrected chi connectivity index (χ3v) is 3.14. The molecule has 0 amide bonds. The monoisotopic (exact) mass is 184 g/mol. The summed E-state index contributed by atoms with van der Waals surface area (Å²) in [5.74, 6) is 0.853. The van der Waals surface area contributed by atoms with E-state index in [2.05, 4.69) is 34.6 Å². The zero-order chi connectivity index (χ0) is 10.3. The fourth-order valence-electron chi connectivity index (χ4n) is 2.21. The molecular weight excluding hydrogens is 156 g/mol. The second-order valence-electron chi connectivity index (χ2n) is 5.22. The van der Waals surface area contributed by atoms with Crippen molar-refractivity contribution in [3.63, 3.8) is 0 Å². The van der Waals surface area contributed by atoms with Crippen LogP contribution in [-0.4, -0.2) is 0 Å². The molecule has 0 radical (unpaired) electrons. The van der Waals surface area contributed by atoms with Gasteiger partial charge in [0.15, 0.2) is 0 Å². The van der Waals surface area contributed by atoms with Crippen molar-refractivity contribution in [1.29, 1.82) is 0 Å². The molecule has 0 aliphatic heterocycles. The Morgan fingerprint density at radius 1 is 1.08 bits per heavy atom. The molecule has 0 heterocycles.